The van der Waals surface area contributed by atoms with Gasteiger partial charge in [0.2, 0.25) is 0 Å². The number of nitrogens with one attached hydrogen (secondary N) is 2. The number of halogens is 4. The molecule has 2 aliphatic heterocycles. The third-order valence-corrected chi connectivity index (χ3v) is 5.61. The minimum absolute atomic E-state index is 0.0668. The van der Waals surface area contributed by atoms with Crippen molar-refractivity contribution >= 4 is 29.2 Å². The van der Waals surface area contributed by atoms with Gasteiger partial charge in [0.05, 0.1) is 30.1 Å². The van der Waals surface area contributed by atoms with Crippen molar-refractivity contribution in [3.63, 3.8) is 0 Å². The molecule has 2 heterocycles. The van der Waals surface area contributed by atoms with Crippen LogP contribution in [0.5, 0.6) is 5.75 Å². The summed E-state index contributed by atoms with van der Waals surface area (Å²) in [4.78, 5) is 24.4. The first-order valence-electron chi connectivity index (χ1n) is 10.2. The molecule has 0 radical (unpaired) electrons. The van der Waals surface area contributed by atoms with Gasteiger partial charge in [0.15, 0.2) is 0 Å². The Kier molecular flexibility index (Phi) is 6.40. The smallest absolute Gasteiger partial charge is 0.416 e. The van der Waals surface area contributed by atoms with Crippen LogP contribution < -0.4 is 15.4 Å². The molecular formula is C22H20ClF3N2O5. The Hall–Kier alpha value is -2.98. The van der Waals surface area contributed by atoms with E-state index in [4.69, 9.17) is 21.1 Å². The molecule has 0 aliphatic carbocycles. The predicted octanol–water partition coefficient (Wildman–Crippen LogP) is 4.03. The third-order valence-electron chi connectivity index (χ3n) is 5.30. The molecule has 176 valence electrons. The molecule has 2 aliphatic rings. The number of hydrogen-bond donors (Lipinski definition) is 2. The van der Waals surface area contributed by atoms with Crippen LogP contribution >= 0.6 is 11.6 Å². The van der Waals surface area contributed by atoms with Gasteiger partial charge in [-0.2, -0.15) is 0 Å². The number of hydrogen-bond acceptors (Lipinski definition) is 7. The lowest BCUT2D eigenvalue weighted by molar-refractivity contribution is -0.274. The van der Waals surface area contributed by atoms with E-state index in [9.17, 15) is 22.8 Å². The van der Waals surface area contributed by atoms with Crippen LogP contribution in [0.1, 0.15) is 29.5 Å². The quantitative estimate of drug-likeness (QED) is 0.634. The zero-order valence-corrected chi connectivity index (χ0v) is 18.0. The molecule has 0 aromatic heterocycles. The second-order valence-electron chi connectivity index (χ2n) is 7.62. The van der Waals surface area contributed by atoms with Gasteiger partial charge in [-0.1, -0.05) is 23.7 Å². The number of alkyl halides is 3. The normalized spacial score (nSPS) is 17.9. The Morgan fingerprint density at radius 3 is 2.33 bits per heavy atom. The molecule has 2 N–H and O–H groups in total. The Labute approximate surface area is 192 Å². The van der Waals surface area contributed by atoms with E-state index >= 15 is 0 Å². The van der Waals surface area contributed by atoms with Gasteiger partial charge >= 0.3 is 18.3 Å². The monoisotopic (exact) mass is 484 g/mol. The van der Waals surface area contributed by atoms with Gasteiger partial charge < -0.3 is 24.8 Å². The van der Waals surface area contributed by atoms with Gasteiger partial charge in [0, 0.05) is 12.1 Å². The van der Waals surface area contributed by atoms with Crippen molar-refractivity contribution in [3.05, 3.63) is 58.1 Å². The number of carbonyl (C=O) groups excluding carboxylic acids is 2. The van der Waals surface area contributed by atoms with Crippen LogP contribution in [-0.4, -0.2) is 31.4 Å². The van der Waals surface area contributed by atoms with Crippen molar-refractivity contribution < 1.29 is 37.0 Å². The van der Waals surface area contributed by atoms with Gasteiger partial charge in [-0.3, -0.25) is 9.59 Å². The van der Waals surface area contributed by atoms with Crippen molar-refractivity contribution in [1.82, 2.24) is 5.32 Å². The van der Waals surface area contributed by atoms with Crippen molar-refractivity contribution in [2.45, 2.75) is 38.0 Å². The Bertz CT molecular complexity index is 1040. The fourth-order valence-electron chi connectivity index (χ4n) is 3.86. The molecule has 1 spiro atoms. The van der Waals surface area contributed by atoms with Crippen molar-refractivity contribution in [2.24, 2.45) is 0 Å². The maximum atomic E-state index is 12.4. The molecule has 4 rings (SSSR count). The molecule has 0 unspecified atom stereocenters. The number of esters is 2. The summed E-state index contributed by atoms with van der Waals surface area (Å²) in [7, 11) is 0. The minimum Gasteiger partial charge on any atom is -0.416 e. The van der Waals surface area contributed by atoms with E-state index in [0.29, 0.717) is 40.4 Å². The highest BCUT2D eigenvalue weighted by Crippen LogP contribution is 2.40. The van der Waals surface area contributed by atoms with Gasteiger partial charge in [-0.25, -0.2) is 0 Å². The van der Waals surface area contributed by atoms with E-state index < -0.39 is 24.1 Å². The van der Waals surface area contributed by atoms with Gasteiger partial charge in [0.25, 0.3) is 5.79 Å². The van der Waals surface area contributed by atoms with Crippen LogP contribution in [0.4, 0.5) is 18.9 Å². The summed E-state index contributed by atoms with van der Waals surface area (Å²) in [5.41, 5.74) is 2.47. The summed E-state index contributed by atoms with van der Waals surface area (Å²) in [6.45, 7) is 0.865. The maximum absolute atomic E-state index is 12.4. The first-order valence-corrected chi connectivity index (χ1v) is 10.6. The molecule has 0 amide bonds. The van der Waals surface area contributed by atoms with Gasteiger partial charge in [-0.05, 0) is 48.4 Å². The molecular weight excluding hydrogens is 465 g/mol. The average molecular weight is 485 g/mol. The highest BCUT2D eigenvalue weighted by atomic mass is 35.5. The molecule has 2 aromatic carbocycles. The summed E-state index contributed by atoms with van der Waals surface area (Å²) < 4.78 is 52.2. The number of benzene rings is 2. The molecule has 7 nitrogen and oxygen atoms in total. The largest absolute Gasteiger partial charge is 0.573 e. The standard InChI is InChI=1S/C22H20ClF3N2O5/c23-17-6-5-16-15(9-10-27-12-21(16)32-18(29)7-8-19(30)33-21)20(17)28-11-13-1-3-14(4-2-13)31-22(24,25)26/h1-6,27-28H,7-12H2. The molecule has 1 fully saturated rings. The predicted molar refractivity (Wildman–Crippen MR) is 112 cm³/mol. The number of ether oxygens (including phenoxy) is 3. The summed E-state index contributed by atoms with van der Waals surface area (Å²) >= 11 is 6.45. The molecule has 0 saturated carbocycles. The summed E-state index contributed by atoms with van der Waals surface area (Å²) in [5.74, 6) is -3.00. The Morgan fingerprint density at radius 2 is 1.70 bits per heavy atom. The van der Waals surface area contributed by atoms with Crippen LogP contribution in [0.15, 0.2) is 36.4 Å². The minimum atomic E-state index is -4.76. The number of fused-ring (bicyclic) bond motifs is 2. The summed E-state index contributed by atoms with van der Waals surface area (Å²) in [6.07, 6.45) is -4.39. The summed E-state index contributed by atoms with van der Waals surface area (Å²) in [5, 5.41) is 6.74. The van der Waals surface area contributed by atoms with Crippen LogP contribution in [0.25, 0.3) is 0 Å². The lowest BCUT2D eigenvalue weighted by Gasteiger charge is -2.32. The molecule has 33 heavy (non-hydrogen) atoms. The van der Waals surface area contributed by atoms with Gasteiger partial charge in [0.1, 0.15) is 5.75 Å². The van der Waals surface area contributed by atoms with Crippen molar-refractivity contribution in [3.8, 4) is 5.75 Å². The van der Waals surface area contributed by atoms with E-state index in [1.165, 1.54) is 24.3 Å². The Morgan fingerprint density at radius 1 is 1.03 bits per heavy atom. The second-order valence-corrected chi connectivity index (χ2v) is 8.03. The zero-order valence-electron chi connectivity index (χ0n) is 17.3. The van der Waals surface area contributed by atoms with Crippen LogP contribution in [0.3, 0.4) is 0 Å². The second kappa shape index (κ2) is 9.11. The van der Waals surface area contributed by atoms with E-state index in [1.807, 2.05) is 0 Å². The fourth-order valence-corrected chi connectivity index (χ4v) is 4.11. The van der Waals surface area contributed by atoms with Crippen LogP contribution in [0.2, 0.25) is 5.02 Å². The maximum Gasteiger partial charge on any atom is 0.573 e. The molecule has 11 heteroatoms. The highest BCUT2D eigenvalue weighted by molar-refractivity contribution is 6.33. The molecule has 1 saturated heterocycles. The number of anilines is 1. The lowest BCUT2D eigenvalue weighted by Crippen LogP contribution is -2.43. The topological polar surface area (TPSA) is 85.9 Å². The van der Waals surface area contributed by atoms with Crippen molar-refractivity contribution in [2.75, 3.05) is 18.4 Å². The molecule has 0 atom stereocenters. The van der Waals surface area contributed by atoms with E-state index in [2.05, 4.69) is 15.4 Å². The first-order chi connectivity index (χ1) is 15.7. The van der Waals surface area contributed by atoms with Crippen LogP contribution in [0, 0.1) is 0 Å². The van der Waals surface area contributed by atoms with Gasteiger partial charge in [-0.15, -0.1) is 13.2 Å². The van der Waals surface area contributed by atoms with Crippen LogP contribution in [-0.2, 0) is 37.8 Å². The van der Waals surface area contributed by atoms with E-state index in [-0.39, 0.29) is 31.7 Å². The zero-order chi connectivity index (χ0) is 23.6. The first kappa shape index (κ1) is 23.2. The number of carbonyl (C=O) groups is 2. The highest BCUT2D eigenvalue weighted by Gasteiger charge is 2.46. The van der Waals surface area contributed by atoms with Crippen molar-refractivity contribution in [1.29, 1.82) is 0 Å². The van der Waals surface area contributed by atoms with E-state index in [0.717, 1.165) is 0 Å². The summed E-state index contributed by atoms with van der Waals surface area (Å²) in [6, 6.07) is 8.73. The van der Waals surface area contributed by atoms with E-state index in [1.54, 1.807) is 12.1 Å². The SMILES string of the molecule is O=C1CCC(=O)OC2(CNCCc3c2ccc(Cl)c3NCc2ccc(OC(F)(F)F)cc2)O1. The molecule has 0 bridgehead atoms. The Balaban J connectivity index is 1.61. The average Bonchev–Trinajstić information content (AvgIpc) is 3.00. The third kappa shape index (κ3) is 5.33. The fraction of sp³-hybridized carbons (Fsp3) is 0.364. The molecule has 2 aromatic rings. The number of rotatable bonds is 4. The lowest BCUT2D eigenvalue weighted by atomic mass is 9.96.